The van der Waals surface area contributed by atoms with Crippen LogP contribution in [0.2, 0.25) is 0 Å². The molecule has 0 spiro atoms. The third kappa shape index (κ3) is 2.12. The van der Waals surface area contributed by atoms with E-state index in [4.69, 9.17) is 13.1 Å². The quantitative estimate of drug-likeness (QED) is 0.661. The molecule has 1 heterocycles. The fourth-order valence-electron chi connectivity index (χ4n) is 3.14. The molecule has 1 aliphatic rings. The van der Waals surface area contributed by atoms with Crippen molar-refractivity contribution < 1.29 is 0 Å². The van der Waals surface area contributed by atoms with Crippen molar-refractivity contribution in [2.24, 2.45) is 0 Å². The largest absolute Gasteiger partial charge is 0.354 e. The summed E-state index contributed by atoms with van der Waals surface area (Å²) < 4.78 is 0. The maximum Gasteiger partial charge on any atom is 0.219 e. The van der Waals surface area contributed by atoms with Gasteiger partial charge < -0.3 is 9.80 Å². The predicted octanol–water partition coefficient (Wildman–Crippen LogP) is 5.34. The molecule has 1 atom stereocenters. The van der Waals surface area contributed by atoms with Gasteiger partial charge in [-0.2, -0.15) is 0 Å². The summed E-state index contributed by atoms with van der Waals surface area (Å²) >= 11 is 0. The summed E-state index contributed by atoms with van der Waals surface area (Å²) in [6.07, 6.45) is 0.0898. The minimum atomic E-state index is 0.0898. The van der Waals surface area contributed by atoms with E-state index < -0.39 is 0 Å². The molecule has 2 aromatic carbocycles. The molecule has 1 aliphatic heterocycles. The van der Waals surface area contributed by atoms with E-state index in [0.29, 0.717) is 11.4 Å². The normalized spacial score (nSPS) is 16.0. The first kappa shape index (κ1) is 14.9. The summed E-state index contributed by atoms with van der Waals surface area (Å²) in [7, 11) is 2.03. The molecule has 114 valence electrons. The second-order valence-corrected chi connectivity index (χ2v) is 5.93. The average Bonchev–Trinajstić information content (AvgIpc) is 2.80. The third-order valence-corrected chi connectivity index (χ3v) is 4.52. The number of hydrogen-bond acceptors (Lipinski definition) is 2. The molecule has 0 amide bonds. The number of benzene rings is 2. The summed E-state index contributed by atoms with van der Waals surface area (Å²) in [4.78, 5) is 11.5. The van der Waals surface area contributed by atoms with Crippen molar-refractivity contribution in [3.63, 3.8) is 0 Å². The molecule has 0 fully saturated rings. The van der Waals surface area contributed by atoms with Crippen LogP contribution in [0.15, 0.2) is 30.3 Å². The van der Waals surface area contributed by atoms with Gasteiger partial charge in [-0.15, -0.1) is 0 Å². The number of rotatable bonds is 1. The highest BCUT2D eigenvalue weighted by Gasteiger charge is 2.35. The molecule has 0 saturated carbocycles. The van der Waals surface area contributed by atoms with E-state index in [1.165, 1.54) is 5.56 Å². The first-order chi connectivity index (χ1) is 11.0. The van der Waals surface area contributed by atoms with Crippen LogP contribution in [-0.4, -0.2) is 13.2 Å². The lowest BCUT2D eigenvalue weighted by molar-refractivity contribution is 0.733. The van der Waals surface area contributed by atoms with Crippen molar-refractivity contribution >= 4 is 28.4 Å². The van der Waals surface area contributed by atoms with E-state index in [1.54, 1.807) is 6.07 Å². The van der Waals surface area contributed by atoms with E-state index in [0.717, 1.165) is 22.6 Å². The van der Waals surface area contributed by atoms with E-state index in [9.17, 15) is 0 Å². The Morgan fingerprint density at radius 3 is 2.39 bits per heavy atom. The summed E-state index contributed by atoms with van der Waals surface area (Å²) in [5.41, 5.74) is 6.13. The smallest absolute Gasteiger partial charge is 0.219 e. The SMILES string of the molecule is [C-]#[N+]c1ccc2c(c1[N+]#[C-])N(c1cc(C)ccc1C)[C@@H](C)N2C. The van der Waals surface area contributed by atoms with Crippen LogP contribution in [-0.2, 0) is 0 Å². The first-order valence-electron chi connectivity index (χ1n) is 7.50. The van der Waals surface area contributed by atoms with Crippen molar-refractivity contribution in [1.82, 2.24) is 0 Å². The highest BCUT2D eigenvalue weighted by atomic mass is 15.4. The zero-order valence-corrected chi connectivity index (χ0v) is 13.8. The Morgan fingerprint density at radius 2 is 1.74 bits per heavy atom. The zero-order valence-electron chi connectivity index (χ0n) is 13.8. The molecule has 0 radical (unpaired) electrons. The summed E-state index contributed by atoms with van der Waals surface area (Å²) in [5.74, 6) is 0. The molecule has 0 aliphatic carbocycles. The predicted molar refractivity (Wildman–Crippen MR) is 94.9 cm³/mol. The topological polar surface area (TPSA) is 15.2 Å². The van der Waals surface area contributed by atoms with Crippen molar-refractivity contribution in [1.29, 1.82) is 0 Å². The minimum Gasteiger partial charge on any atom is -0.354 e. The molecule has 3 rings (SSSR count). The second-order valence-electron chi connectivity index (χ2n) is 5.93. The molecule has 0 N–H and O–H groups in total. The molecule has 0 saturated heterocycles. The first-order valence-corrected chi connectivity index (χ1v) is 7.50. The fourth-order valence-corrected chi connectivity index (χ4v) is 3.14. The van der Waals surface area contributed by atoms with Gasteiger partial charge in [0.1, 0.15) is 6.17 Å². The third-order valence-electron chi connectivity index (χ3n) is 4.52. The number of nitrogens with zero attached hydrogens (tertiary/aromatic N) is 4. The fraction of sp³-hybridized carbons (Fsp3) is 0.263. The Labute approximate surface area is 137 Å². The number of hydrogen-bond donors (Lipinski definition) is 0. The summed E-state index contributed by atoms with van der Waals surface area (Å²) in [6, 6.07) is 10.0. The summed E-state index contributed by atoms with van der Waals surface area (Å²) in [5, 5.41) is 0. The van der Waals surface area contributed by atoms with Gasteiger partial charge in [-0.05, 0) is 44.0 Å². The van der Waals surface area contributed by atoms with Crippen LogP contribution in [0.5, 0.6) is 0 Å². The van der Waals surface area contributed by atoms with Gasteiger partial charge in [-0.25, -0.2) is 4.85 Å². The van der Waals surface area contributed by atoms with Crippen molar-refractivity contribution in [2.75, 3.05) is 16.8 Å². The van der Waals surface area contributed by atoms with E-state index in [-0.39, 0.29) is 6.17 Å². The monoisotopic (exact) mass is 302 g/mol. The van der Waals surface area contributed by atoms with Crippen LogP contribution in [0.1, 0.15) is 18.1 Å². The Kier molecular flexibility index (Phi) is 3.47. The van der Waals surface area contributed by atoms with Gasteiger partial charge in [-0.1, -0.05) is 18.2 Å². The molecule has 23 heavy (non-hydrogen) atoms. The highest BCUT2D eigenvalue weighted by Crippen LogP contribution is 2.53. The number of fused-ring (bicyclic) bond motifs is 1. The van der Waals surface area contributed by atoms with Crippen molar-refractivity contribution in [3.05, 3.63) is 64.3 Å². The molecule has 0 bridgehead atoms. The van der Waals surface area contributed by atoms with E-state index in [2.05, 4.69) is 58.5 Å². The maximum atomic E-state index is 7.57. The van der Waals surface area contributed by atoms with Gasteiger partial charge in [0, 0.05) is 18.4 Å². The Hall–Kier alpha value is -2.98. The number of aryl methyl sites for hydroxylation is 2. The van der Waals surface area contributed by atoms with Crippen LogP contribution in [0.25, 0.3) is 9.69 Å². The molecule has 0 aromatic heterocycles. The molecule has 0 unspecified atom stereocenters. The lowest BCUT2D eigenvalue weighted by Gasteiger charge is -2.30. The van der Waals surface area contributed by atoms with Gasteiger partial charge in [0.2, 0.25) is 5.69 Å². The van der Waals surface area contributed by atoms with E-state index in [1.807, 2.05) is 13.1 Å². The minimum absolute atomic E-state index is 0.0898. The average molecular weight is 302 g/mol. The van der Waals surface area contributed by atoms with Gasteiger partial charge >= 0.3 is 0 Å². The molecule has 4 nitrogen and oxygen atoms in total. The Bertz CT molecular complexity index is 870. The standard InChI is InChI=1S/C19H18N4/c1-12-7-8-13(2)17(11-12)23-14(3)22(6)16-10-9-15(20-4)18(21-5)19(16)23/h7-11,14H,1-3,6H3/t14-/m0/s1. The van der Waals surface area contributed by atoms with Crippen LogP contribution in [0, 0.1) is 27.0 Å². The lowest BCUT2D eigenvalue weighted by Crippen LogP contribution is -2.35. The zero-order chi connectivity index (χ0) is 16.7. The Morgan fingerprint density at radius 1 is 1.00 bits per heavy atom. The van der Waals surface area contributed by atoms with Crippen LogP contribution >= 0.6 is 0 Å². The van der Waals surface area contributed by atoms with Crippen molar-refractivity contribution in [2.45, 2.75) is 26.9 Å². The van der Waals surface area contributed by atoms with Crippen molar-refractivity contribution in [3.8, 4) is 0 Å². The second kappa shape index (κ2) is 5.34. The maximum absolute atomic E-state index is 7.57. The van der Waals surface area contributed by atoms with Crippen LogP contribution in [0.3, 0.4) is 0 Å². The van der Waals surface area contributed by atoms with Crippen LogP contribution in [0.4, 0.5) is 28.4 Å². The number of anilines is 3. The summed E-state index contributed by atoms with van der Waals surface area (Å²) in [6.45, 7) is 21.2. The highest BCUT2D eigenvalue weighted by molar-refractivity contribution is 5.99. The molecule has 4 heteroatoms. The van der Waals surface area contributed by atoms with Gasteiger partial charge in [0.25, 0.3) is 0 Å². The molecular formula is C19H18N4. The van der Waals surface area contributed by atoms with E-state index >= 15 is 0 Å². The van der Waals surface area contributed by atoms with Gasteiger partial charge in [-0.3, -0.25) is 4.85 Å². The molecular weight excluding hydrogens is 284 g/mol. The van der Waals surface area contributed by atoms with Gasteiger partial charge in [0.15, 0.2) is 5.69 Å². The Balaban J connectivity index is 2.33. The lowest BCUT2D eigenvalue weighted by atomic mass is 10.1. The van der Waals surface area contributed by atoms with Crippen LogP contribution < -0.4 is 9.80 Å². The van der Waals surface area contributed by atoms with Gasteiger partial charge in [0.05, 0.1) is 18.8 Å². The molecule has 2 aromatic rings.